The molecule has 1 aliphatic rings. The number of hydrogen-bond acceptors (Lipinski definition) is 2. The first kappa shape index (κ1) is 15.5. The molecular formula is C17H23NO3. The summed E-state index contributed by atoms with van der Waals surface area (Å²) in [5.41, 5.74) is 1.39. The predicted octanol–water partition coefficient (Wildman–Crippen LogP) is 3.61. The van der Waals surface area contributed by atoms with Crippen LogP contribution in [0.3, 0.4) is 0 Å². The second kappa shape index (κ2) is 7.81. The molecule has 1 fully saturated rings. The maximum absolute atomic E-state index is 12.1. The van der Waals surface area contributed by atoms with Gasteiger partial charge in [0.2, 0.25) is 5.91 Å². The minimum atomic E-state index is -0.864. The van der Waals surface area contributed by atoms with Crippen molar-refractivity contribution in [3.8, 4) is 0 Å². The summed E-state index contributed by atoms with van der Waals surface area (Å²) < 4.78 is 0. The van der Waals surface area contributed by atoms with Crippen molar-refractivity contribution in [2.45, 2.75) is 51.4 Å². The van der Waals surface area contributed by atoms with Crippen molar-refractivity contribution in [1.29, 1.82) is 0 Å². The first-order valence-electron chi connectivity index (χ1n) is 7.74. The molecule has 1 saturated carbocycles. The van der Waals surface area contributed by atoms with Crippen molar-refractivity contribution in [2.75, 3.05) is 5.32 Å². The number of hydrogen-bond donors (Lipinski definition) is 2. The van der Waals surface area contributed by atoms with Crippen LogP contribution in [0.4, 0.5) is 5.69 Å². The monoisotopic (exact) mass is 289 g/mol. The fourth-order valence-corrected chi connectivity index (χ4v) is 2.98. The largest absolute Gasteiger partial charge is 0.481 e. The number of anilines is 1. The van der Waals surface area contributed by atoms with E-state index in [2.05, 4.69) is 5.32 Å². The van der Waals surface area contributed by atoms with E-state index >= 15 is 0 Å². The SMILES string of the molecule is O=C(O)Cc1cccc(NC(=O)CC2CCCCCC2)c1. The summed E-state index contributed by atoms with van der Waals surface area (Å²) in [4.78, 5) is 22.8. The average Bonchev–Trinajstić information content (AvgIpc) is 2.66. The molecule has 1 aromatic carbocycles. The lowest BCUT2D eigenvalue weighted by atomic mass is 9.96. The molecule has 21 heavy (non-hydrogen) atoms. The Labute approximate surface area is 125 Å². The summed E-state index contributed by atoms with van der Waals surface area (Å²) in [5.74, 6) is -0.332. The highest BCUT2D eigenvalue weighted by Crippen LogP contribution is 2.25. The molecule has 0 atom stereocenters. The molecule has 1 aromatic rings. The second-order valence-electron chi connectivity index (χ2n) is 5.88. The van der Waals surface area contributed by atoms with Crippen molar-refractivity contribution in [3.63, 3.8) is 0 Å². The number of rotatable bonds is 5. The smallest absolute Gasteiger partial charge is 0.307 e. The Morgan fingerprint density at radius 2 is 1.86 bits per heavy atom. The van der Waals surface area contributed by atoms with Gasteiger partial charge in [-0.2, -0.15) is 0 Å². The molecule has 2 rings (SSSR count). The molecule has 114 valence electrons. The van der Waals surface area contributed by atoms with Gasteiger partial charge in [0.15, 0.2) is 0 Å². The summed E-state index contributed by atoms with van der Waals surface area (Å²) >= 11 is 0. The summed E-state index contributed by atoms with van der Waals surface area (Å²) in [7, 11) is 0. The first-order chi connectivity index (χ1) is 10.1. The van der Waals surface area contributed by atoms with E-state index in [1.54, 1.807) is 24.3 Å². The summed E-state index contributed by atoms with van der Waals surface area (Å²) in [5, 5.41) is 11.7. The van der Waals surface area contributed by atoms with Gasteiger partial charge in [-0.1, -0.05) is 37.8 Å². The van der Waals surface area contributed by atoms with Crippen molar-refractivity contribution in [3.05, 3.63) is 29.8 Å². The average molecular weight is 289 g/mol. The summed E-state index contributed by atoms with van der Waals surface area (Å²) in [6, 6.07) is 7.07. The quantitative estimate of drug-likeness (QED) is 0.814. The predicted molar refractivity (Wildman–Crippen MR) is 82.2 cm³/mol. The lowest BCUT2D eigenvalue weighted by molar-refractivity contribution is -0.136. The van der Waals surface area contributed by atoms with Gasteiger partial charge in [-0.05, 0) is 36.5 Å². The van der Waals surface area contributed by atoms with Gasteiger partial charge >= 0.3 is 5.97 Å². The van der Waals surface area contributed by atoms with Crippen LogP contribution in [0.5, 0.6) is 0 Å². The zero-order valence-corrected chi connectivity index (χ0v) is 12.3. The van der Waals surface area contributed by atoms with Crippen molar-refractivity contribution in [1.82, 2.24) is 0 Å². The Hall–Kier alpha value is -1.84. The van der Waals surface area contributed by atoms with Gasteiger partial charge in [0.25, 0.3) is 0 Å². The van der Waals surface area contributed by atoms with Gasteiger partial charge in [0.1, 0.15) is 0 Å². The molecule has 0 aliphatic heterocycles. The maximum Gasteiger partial charge on any atom is 0.307 e. The summed E-state index contributed by atoms with van der Waals surface area (Å²) in [6.07, 6.45) is 7.87. The minimum absolute atomic E-state index is 0.0215. The van der Waals surface area contributed by atoms with Crippen molar-refractivity contribution < 1.29 is 14.7 Å². The Morgan fingerprint density at radius 1 is 1.14 bits per heavy atom. The molecular weight excluding hydrogens is 266 g/mol. The van der Waals surface area contributed by atoms with Crippen molar-refractivity contribution >= 4 is 17.6 Å². The van der Waals surface area contributed by atoms with Crippen LogP contribution in [-0.4, -0.2) is 17.0 Å². The van der Waals surface area contributed by atoms with Crippen LogP contribution in [-0.2, 0) is 16.0 Å². The van der Waals surface area contributed by atoms with Gasteiger partial charge in [0, 0.05) is 12.1 Å². The Bertz CT molecular complexity index is 491. The molecule has 0 heterocycles. The van der Waals surface area contributed by atoms with Gasteiger partial charge in [0.05, 0.1) is 6.42 Å². The molecule has 4 nitrogen and oxygen atoms in total. The number of amides is 1. The van der Waals surface area contributed by atoms with E-state index in [4.69, 9.17) is 5.11 Å². The molecule has 0 radical (unpaired) electrons. The maximum atomic E-state index is 12.1. The number of benzene rings is 1. The number of carbonyl (C=O) groups excluding carboxylic acids is 1. The van der Waals surface area contributed by atoms with E-state index in [1.807, 2.05) is 0 Å². The zero-order chi connectivity index (χ0) is 15.1. The van der Waals surface area contributed by atoms with Crippen LogP contribution in [0.2, 0.25) is 0 Å². The third-order valence-electron chi connectivity index (χ3n) is 4.01. The molecule has 1 aliphatic carbocycles. The second-order valence-corrected chi connectivity index (χ2v) is 5.88. The van der Waals surface area contributed by atoms with E-state index in [9.17, 15) is 9.59 Å². The van der Waals surface area contributed by atoms with Gasteiger partial charge in [-0.3, -0.25) is 9.59 Å². The zero-order valence-electron chi connectivity index (χ0n) is 12.3. The fraction of sp³-hybridized carbons (Fsp3) is 0.529. The van der Waals surface area contributed by atoms with Crippen LogP contribution in [0, 0.1) is 5.92 Å². The number of carbonyl (C=O) groups is 2. The standard InChI is InChI=1S/C17H23NO3/c19-16(11-13-6-3-1-2-4-7-13)18-15-9-5-8-14(10-15)12-17(20)21/h5,8-10,13H,1-4,6-7,11-12H2,(H,18,19)(H,20,21). The lowest BCUT2D eigenvalue weighted by Gasteiger charge is -2.14. The van der Waals surface area contributed by atoms with Crippen LogP contribution in [0.25, 0.3) is 0 Å². The highest BCUT2D eigenvalue weighted by molar-refractivity contribution is 5.91. The highest BCUT2D eigenvalue weighted by Gasteiger charge is 2.16. The van der Waals surface area contributed by atoms with Crippen molar-refractivity contribution in [2.24, 2.45) is 5.92 Å². The number of carboxylic acids is 1. The Kier molecular flexibility index (Phi) is 5.78. The third-order valence-corrected chi connectivity index (χ3v) is 4.01. The van der Waals surface area contributed by atoms with Crippen LogP contribution in [0.1, 0.15) is 50.5 Å². The molecule has 0 bridgehead atoms. The molecule has 0 aromatic heterocycles. The van der Waals surface area contributed by atoms with E-state index in [0.29, 0.717) is 23.6 Å². The number of carboxylic acid groups (broad SMARTS) is 1. The summed E-state index contributed by atoms with van der Waals surface area (Å²) in [6.45, 7) is 0. The molecule has 0 saturated heterocycles. The topological polar surface area (TPSA) is 66.4 Å². The van der Waals surface area contributed by atoms with E-state index < -0.39 is 5.97 Å². The molecule has 2 N–H and O–H groups in total. The normalized spacial score (nSPS) is 16.2. The van der Waals surface area contributed by atoms with Gasteiger partial charge < -0.3 is 10.4 Å². The molecule has 0 unspecified atom stereocenters. The number of nitrogens with one attached hydrogen (secondary N) is 1. The third kappa shape index (κ3) is 5.58. The van der Waals surface area contributed by atoms with Gasteiger partial charge in [-0.25, -0.2) is 0 Å². The van der Waals surface area contributed by atoms with E-state index in [-0.39, 0.29) is 12.3 Å². The van der Waals surface area contributed by atoms with Gasteiger partial charge in [-0.15, -0.1) is 0 Å². The first-order valence-corrected chi connectivity index (χ1v) is 7.74. The highest BCUT2D eigenvalue weighted by atomic mass is 16.4. The van der Waals surface area contributed by atoms with Crippen LogP contribution < -0.4 is 5.32 Å². The lowest BCUT2D eigenvalue weighted by Crippen LogP contribution is -2.16. The van der Waals surface area contributed by atoms with E-state index in [1.165, 1.54) is 25.7 Å². The molecule has 4 heteroatoms. The van der Waals surface area contributed by atoms with Crippen LogP contribution >= 0.6 is 0 Å². The minimum Gasteiger partial charge on any atom is -0.481 e. The molecule has 0 spiro atoms. The Balaban J connectivity index is 1.88. The van der Waals surface area contributed by atoms with Crippen LogP contribution in [0.15, 0.2) is 24.3 Å². The number of aliphatic carboxylic acids is 1. The molecule has 1 amide bonds. The fourth-order valence-electron chi connectivity index (χ4n) is 2.98. The Morgan fingerprint density at radius 3 is 2.52 bits per heavy atom. The van der Waals surface area contributed by atoms with E-state index in [0.717, 1.165) is 12.8 Å².